The van der Waals surface area contributed by atoms with E-state index in [9.17, 15) is 12.8 Å². The van der Waals surface area contributed by atoms with Gasteiger partial charge in [0.1, 0.15) is 27.0 Å². The number of aryl methyl sites for hydroxylation is 1. The SMILES string of the molecule is CC(C)Nc1cncc(-c2ncc3[nH]nc(-c4nc5nccc(-c6cc(F)cc(CCS(C)(=O)=O)c6)c5[nH]4)c3c2F)c1. The smallest absolute Gasteiger partial charge is 0.178 e. The molecular formula is C29H26F2N8O2S. The molecule has 3 N–H and O–H groups in total. The second-order valence-electron chi connectivity index (χ2n) is 10.4. The quantitative estimate of drug-likeness (QED) is 0.217. The van der Waals surface area contributed by atoms with E-state index in [2.05, 4.69) is 40.4 Å². The molecule has 42 heavy (non-hydrogen) atoms. The summed E-state index contributed by atoms with van der Waals surface area (Å²) in [7, 11) is -3.22. The molecule has 214 valence electrons. The molecule has 5 heterocycles. The maximum atomic E-state index is 16.1. The first kappa shape index (κ1) is 27.4. The van der Waals surface area contributed by atoms with Crippen molar-refractivity contribution in [1.82, 2.24) is 35.1 Å². The number of pyridine rings is 3. The first-order valence-corrected chi connectivity index (χ1v) is 15.2. The van der Waals surface area contributed by atoms with Gasteiger partial charge in [0.15, 0.2) is 17.3 Å². The summed E-state index contributed by atoms with van der Waals surface area (Å²) in [6, 6.07) is 8.07. The molecule has 1 aromatic carbocycles. The van der Waals surface area contributed by atoms with Gasteiger partial charge in [0, 0.05) is 42.0 Å². The molecule has 6 rings (SSSR count). The summed E-state index contributed by atoms with van der Waals surface area (Å²) in [5.74, 6) is -0.925. The number of hydrogen-bond donors (Lipinski definition) is 3. The van der Waals surface area contributed by atoms with E-state index in [1.54, 1.807) is 36.8 Å². The number of nitrogens with one attached hydrogen (secondary N) is 3. The normalized spacial score (nSPS) is 12.0. The van der Waals surface area contributed by atoms with Crippen molar-refractivity contribution in [2.45, 2.75) is 26.3 Å². The van der Waals surface area contributed by atoms with Gasteiger partial charge in [-0.2, -0.15) is 5.10 Å². The lowest BCUT2D eigenvalue weighted by Crippen LogP contribution is -2.09. The molecule has 5 aromatic heterocycles. The van der Waals surface area contributed by atoms with Gasteiger partial charge in [0.05, 0.1) is 34.1 Å². The van der Waals surface area contributed by atoms with Crippen molar-refractivity contribution in [2.75, 3.05) is 17.3 Å². The summed E-state index contributed by atoms with van der Waals surface area (Å²) in [6.07, 6.45) is 7.57. The van der Waals surface area contributed by atoms with E-state index in [-0.39, 0.29) is 40.8 Å². The van der Waals surface area contributed by atoms with Crippen LogP contribution < -0.4 is 5.32 Å². The number of rotatable bonds is 8. The van der Waals surface area contributed by atoms with Gasteiger partial charge in [-0.25, -0.2) is 27.2 Å². The number of nitrogens with zero attached hydrogens (tertiary/aromatic N) is 5. The molecule has 13 heteroatoms. The Balaban J connectivity index is 1.43. The highest BCUT2D eigenvalue weighted by molar-refractivity contribution is 7.90. The van der Waals surface area contributed by atoms with Crippen molar-refractivity contribution in [1.29, 1.82) is 0 Å². The number of aromatic nitrogens is 7. The fourth-order valence-corrected chi connectivity index (χ4v) is 5.45. The molecule has 10 nitrogen and oxygen atoms in total. The molecule has 0 spiro atoms. The van der Waals surface area contributed by atoms with Crippen molar-refractivity contribution in [3.8, 4) is 33.9 Å². The third-order valence-corrected chi connectivity index (χ3v) is 7.60. The van der Waals surface area contributed by atoms with Crippen molar-refractivity contribution < 1.29 is 17.2 Å². The van der Waals surface area contributed by atoms with Gasteiger partial charge in [0.25, 0.3) is 0 Å². The van der Waals surface area contributed by atoms with Crippen LogP contribution in [0, 0.1) is 11.6 Å². The first-order chi connectivity index (χ1) is 20.1. The Morgan fingerprint density at radius 2 is 1.83 bits per heavy atom. The van der Waals surface area contributed by atoms with Crippen LogP contribution in [0.4, 0.5) is 14.5 Å². The Bertz CT molecular complexity index is 2070. The van der Waals surface area contributed by atoms with Gasteiger partial charge in [-0.15, -0.1) is 0 Å². The molecular weight excluding hydrogens is 562 g/mol. The van der Waals surface area contributed by atoms with E-state index < -0.39 is 21.5 Å². The Morgan fingerprint density at radius 3 is 2.62 bits per heavy atom. The Labute approximate surface area is 239 Å². The molecule has 0 aliphatic carbocycles. The monoisotopic (exact) mass is 588 g/mol. The van der Waals surface area contributed by atoms with Gasteiger partial charge >= 0.3 is 0 Å². The molecule has 0 bridgehead atoms. The lowest BCUT2D eigenvalue weighted by atomic mass is 10.0. The first-order valence-electron chi connectivity index (χ1n) is 13.1. The number of imidazole rings is 1. The summed E-state index contributed by atoms with van der Waals surface area (Å²) in [6.45, 7) is 3.99. The van der Waals surface area contributed by atoms with Crippen LogP contribution >= 0.6 is 0 Å². The van der Waals surface area contributed by atoms with Gasteiger partial charge in [-0.1, -0.05) is 6.07 Å². The fraction of sp³-hybridized carbons (Fsp3) is 0.207. The number of halogens is 2. The zero-order valence-corrected chi connectivity index (χ0v) is 23.7. The Morgan fingerprint density at radius 1 is 1.00 bits per heavy atom. The summed E-state index contributed by atoms with van der Waals surface area (Å²) in [5, 5.41) is 10.6. The molecule has 0 aliphatic rings. The minimum Gasteiger partial charge on any atom is -0.382 e. The van der Waals surface area contributed by atoms with E-state index in [4.69, 9.17) is 0 Å². The van der Waals surface area contributed by atoms with E-state index in [0.29, 0.717) is 38.9 Å². The fourth-order valence-electron chi connectivity index (χ4n) is 4.85. The Kier molecular flexibility index (Phi) is 6.89. The highest BCUT2D eigenvalue weighted by atomic mass is 32.2. The number of sulfone groups is 1. The summed E-state index contributed by atoms with van der Waals surface area (Å²) < 4.78 is 53.9. The van der Waals surface area contributed by atoms with E-state index >= 15 is 4.39 Å². The predicted octanol–water partition coefficient (Wildman–Crippen LogP) is 5.31. The molecule has 0 aliphatic heterocycles. The molecule has 0 unspecified atom stereocenters. The maximum absolute atomic E-state index is 16.1. The molecule has 0 fully saturated rings. The van der Waals surface area contributed by atoms with E-state index in [0.717, 1.165) is 11.9 Å². The topological polar surface area (TPSA) is 142 Å². The van der Waals surface area contributed by atoms with Crippen LogP contribution in [-0.2, 0) is 16.3 Å². The molecule has 6 aromatic rings. The van der Waals surface area contributed by atoms with Gasteiger partial charge in [-0.05, 0) is 55.7 Å². The summed E-state index contributed by atoms with van der Waals surface area (Å²) in [4.78, 5) is 20.6. The molecule has 0 atom stereocenters. The molecule has 0 amide bonds. The van der Waals surface area contributed by atoms with Crippen molar-refractivity contribution in [3.05, 3.63) is 72.3 Å². The van der Waals surface area contributed by atoms with E-state index in [1.165, 1.54) is 18.3 Å². The van der Waals surface area contributed by atoms with Crippen molar-refractivity contribution in [2.24, 2.45) is 0 Å². The lowest BCUT2D eigenvalue weighted by molar-refractivity contribution is 0.600. The highest BCUT2D eigenvalue weighted by Gasteiger charge is 2.22. The maximum Gasteiger partial charge on any atom is 0.178 e. The average molecular weight is 589 g/mol. The van der Waals surface area contributed by atoms with E-state index in [1.807, 2.05) is 13.8 Å². The number of hydrogen-bond acceptors (Lipinski definition) is 8. The summed E-state index contributed by atoms with van der Waals surface area (Å²) in [5.41, 5.74) is 4.45. The number of H-pyrrole nitrogens is 2. The van der Waals surface area contributed by atoms with Crippen molar-refractivity contribution in [3.63, 3.8) is 0 Å². The number of anilines is 1. The second kappa shape index (κ2) is 10.6. The average Bonchev–Trinajstić information content (AvgIpc) is 3.56. The van der Waals surface area contributed by atoms with Crippen LogP contribution in [0.25, 0.3) is 56.0 Å². The van der Waals surface area contributed by atoms with Crippen LogP contribution in [0.2, 0.25) is 0 Å². The standard InChI is InChI=1S/C29H26F2N8O2S/c1-15(2)35-20-11-18(12-32-13-20)25-24(31)23-22(14-34-25)38-39-27(23)29-36-26-21(4-6-33-28(26)37-29)17-8-16(9-19(30)10-17)5-7-42(3,40)41/h4,6,8-15,35H,5,7H2,1-3H3,(H,38,39)(H,33,36,37). The third kappa shape index (κ3) is 5.42. The largest absolute Gasteiger partial charge is 0.382 e. The minimum atomic E-state index is -3.22. The molecule has 0 saturated carbocycles. The van der Waals surface area contributed by atoms with Crippen LogP contribution in [0.15, 0.2) is 55.1 Å². The van der Waals surface area contributed by atoms with Gasteiger partial charge in [-0.3, -0.25) is 15.1 Å². The highest BCUT2D eigenvalue weighted by Crippen LogP contribution is 2.34. The third-order valence-electron chi connectivity index (χ3n) is 6.66. The number of fused-ring (bicyclic) bond motifs is 2. The summed E-state index contributed by atoms with van der Waals surface area (Å²) >= 11 is 0. The number of aromatic amines is 2. The van der Waals surface area contributed by atoms with Gasteiger partial charge < -0.3 is 10.3 Å². The molecule has 0 radical (unpaired) electrons. The van der Waals surface area contributed by atoms with Crippen LogP contribution in [0.3, 0.4) is 0 Å². The van der Waals surface area contributed by atoms with Gasteiger partial charge in [0.2, 0.25) is 0 Å². The number of benzene rings is 1. The molecule has 0 saturated heterocycles. The zero-order chi connectivity index (χ0) is 29.6. The second-order valence-corrected chi connectivity index (χ2v) is 12.7. The van der Waals surface area contributed by atoms with Crippen LogP contribution in [0.1, 0.15) is 19.4 Å². The zero-order valence-electron chi connectivity index (χ0n) is 22.9. The predicted molar refractivity (Wildman–Crippen MR) is 158 cm³/mol. The Hall–Kier alpha value is -4.78. The lowest BCUT2D eigenvalue weighted by Gasteiger charge is -2.11. The van der Waals surface area contributed by atoms with Crippen LogP contribution in [-0.4, -0.2) is 61.6 Å². The minimum absolute atomic E-state index is 0.0981. The van der Waals surface area contributed by atoms with Crippen LogP contribution in [0.5, 0.6) is 0 Å². The van der Waals surface area contributed by atoms with Crippen molar-refractivity contribution >= 4 is 37.6 Å².